The van der Waals surface area contributed by atoms with Gasteiger partial charge in [-0.05, 0) is 52.3 Å². The molecule has 0 saturated heterocycles. The van der Waals surface area contributed by atoms with Gasteiger partial charge in [0.1, 0.15) is 0 Å². The third-order valence-electron chi connectivity index (χ3n) is 5.86. The van der Waals surface area contributed by atoms with E-state index in [0.29, 0.717) is 21.7 Å². The minimum Gasteiger partial charge on any atom is -0.503 e. The van der Waals surface area contributed by atoms with Gasteiger partial charge >= 0.3 is 5.97 Å². The van der Waals surface area contributed by atoms with Gasteiger partial charge in [0.2, 0.25) is 5.78 Å². The van der Waals surface area contributed by atoms with Crippen molar-refractivity contribution in [3.05, 3.63) is 98.9 Å². The number of carbonyl (C=O) groups excluding carboxylic acids is 3. The minimum atomic E-state index is -0.819. The highest BCUT2D eigenvalue weighted by atomic mass is 32.1. The zero-order chi connectivity index (χ0) is 24.6. The number of carbonyl (C=O) groups is 3. The van der Waals surface area contributed by atoms with E-state index in [9.17, 15) is 19.5 Å². The molecule has 1 aromatic heterocycles. The van der Waals surface area contributed by atoms with E-state index in [4.69, 9.17) is 4.74 Å². The molecule has 1 N–H and O–H groups in total. The number of aliphatic hydroxyl groups is 1. The number of thiophene rings is 1. The lowest BCUT2D eigenvalue weighted by Crippen LogP contribution is -2.31. The highest BCUT2D eigenvalue weighted by Crippen LogP contribution is 2.42. The van der Waals surface area contributed by atoms with Crippen molar-refractivity contribution in [3.63, 3.8) is 0 Å². The second kappa shape index (κ2) is 8.91. The number of nitrogens with zero attached hydrogens (tertiary/aromatic N) is 1. The van der Waals surface area contributed by atoms with Gasteiger partial charge in [0.05, 0.1) is 29.2 Å². The van der Waals surface area contributed by atoms with Gasteiger partial charge in [-0.3, -0.25) is 14.5 Å². The van der Waals surface area contributed by atoms with Crippen molar-refractivity contribution in [2.45, 2.75) is 32.2 Å². The molecule has 0 bridgehead atoms. The Kier molecular flexibility index (Phi) is 6.15. The molecule has 2 heterocycles. The summed E-state index contributed by atoms with van der Waals surface area (Å²) in [5.74, 6) is -2.13. The Bertz CT molecular complexity index is 1270. The molecule has 0 radical (unpaired) electrons. The van der Waals surface area contributed by atoms with Crippen molar-refractivity contribution in [1.29, 1.82) is 0 Å². The molecule has 1 aliphatic heterocycles. The largest absolute Gasteiger partial charge is 0.503 e. The first-order valence-electron chi connectivity index (χ1n) is 10.8. The Morgan fingerprint density at radius 2 is 1.65 bits per heavy atom. The lowest BCUT2D eigenvalue weighted by molar-refractivity contribution is -0.117. The van der Waals surface area contributed by atoms with Gasteiger partial charge in [0.25, 0.3) is 5.91 Å². The van der Waals surface area contributed by atoms with Crippen LogP contribution in [0.15, 0.2) is 77.4 Å². The molecule has 0 spiro atoms. The third-order valence-corrected chi connectivity index (χ3v) is 6.73. The Balaban J connectivity index is 1.83. The fourth-order valence-electron chi connectivity index (χ4n) is 4.00. The van der Waals surface area contributed by atoms with E-state index in [1.807, 2.05) is 24.3 Å². The molecule has 0 saturated carbocycles. The van der Waals surface area contributed by atoms with Crippen molar-refractivity contribution in [2.24, 2.45) is 0 Å². The summed E-state index contributed by atoms with van der Waals surface area (Å²) in [6.45, 7) is 6.31. The van der Waals surface area contributed by atoms with Crippen molar-refractivity contribution < 1.29 is 24.2 Å². The molecule has 0 fully saturated rings. The maximum absolute atomic E-state index is 13.4. The van der Waals surface area contributed by atoms with E-state index < -0.39 is 23.7 Å². The quantitative estimate of drug-likeness (QED) is 0.383. The molecule has 4 rings (SSSR count). The number of hydrogen-bond donors (Lipinski definition) is 1. The zero-order valence-corrected chi connectivity index (χ0v) is 20.2. The molecule has 7 heteroatoms. The van der Waals surface area contributed by atoms with Gasteiger partial charge in [0.15, 0.2) is 5.76 Å². The maximum atomic E-state index is 13.4. The summed E-state index contributed by atoms with van der Waals surface area (Å²) in [5, 5.41) is 12.6. The number of rotatable bonds is 5. The van der Waals surface area contributed by atoms with Gasteiger partial charge < -0.3 is 9.84 Å². The van der Waals surface area contributed by atoms with Gasteiger partial charge in [-0.1, -0.05) is 51.1 Å². The van der Waals surface area contributed by atoms with E-state index in [2.05, 4.69) is 20.8 Å². The zero-order valence-electron chi connectivity index (χ0n) is 19.4. The maximum Gasteiger partial charge on any atom is 0.337 e. The van der Waals surface area contributed by atoms with Gasteiger partial charge in [0, 0.05) is 5.69 Å². The van der Waals surface area contributed by atoms with E-state index >= 15 is 0 Å². The molecule has 0 aliphatic carbocycles. The molecule has 1 amide bonds. The van der Waals surface area contributed by atoms with Crippen LogP contribution in [0.3, 0.4) is 0 Å². The number of hydrogen-bond acceptors (Lipinski definition) is 6. The van der Waals surface area contributed by atoms with Crippen molar-refractivity contribution in [2.75, 3.05) is 12.0 Å². The fourth-order valence-corrected chi connectivity index (χ4v) is 4.68. The lowest BCUT2D eigenvalue weighted by Gasteiger charge is -2.28. The van der Waals surface area contributed by atoms with Crippen molar-refractivity contribution >= 4 is 34.7 Å². The van der Waals surface area contributed by atoms with Crippen molar-refractivity contribution in [3.8, 4) is 0 Å². The van der Waals surface area contributed by atoms with Gasteiger partial charge in [-0.2, -0.15) is 0 Å². The molecule has 1 atom stereocenters. The van der Waals surface area contributed by atoms with E-state index in [1.165, 1.54) is 23.3 Å². The molecular formula is C27H25NO5S. The summed E-state index contributed by atoms with van der Waals surface area (Å²) < 4.78 is 4.75. The molecule has 174 valence electrons. The fraction of sp³-hybridized carbons (Fsp3) is 0.222. The Hall–Kier alpha value is -3.71. The van der Waals surface area contributed by atoms with Crippen LogP contribution in [-0.4, -0.2) is 29.9 Å². The summed E-state index contributed by atoms with van der Waals surface area (Å²) in [5.41, 5.74) is 2.55. The van der Waals surface area contributed by atoms with Crippen LogP contribution in [0.2, 0.25) is 0 Å². The van der Waals surface area contributed by atoms with Crippen LogP contribution in [0.1, 0.15) is 58.0 Å². The average Bonchev–Trinajstić information content (AvgIpc) is 3.45. The summed E-state index contributed by atoms with van der Waals surface area (Å²) in [6, 6.07) is 16.6. The number of anilines is 1. The first-order valence-corrected chi connectivity index (χ1v) is 11.6. The van der Waals surface area contributed by atoms with Crippen LogP contribution in [0.4, 0.5) is 5.69 Å². The Morgan fingerprint density at radius 1 is 1.00 bits per heavy atom. The number of benzene rings is 2. The molecule has 1 aliphatic rings. The monoisotopic (exact) mass is 475 g/mol. The first-order chi connectivity index (χ1) is 16.1. The topological polar surface area (TPSA) is 83.9 Å². The van der Waals surface area contributed by atoms with Crippen LogP contribution in [0.25, 0.3) is 0 Å². The second-order valence-electron chi connectivity index (χ2n) is 9.06. The second-order valence-corrected chi connectivity index (χ2v) is 10.0. The number of ketones is 1. The summed E-state index contributed by atoms with van der Waals surface area (Å²) in [6.07, 6.45) is 0. The summed E-state index contributed by atoms with van der Waals surface area (Å²) in [4.78, 5) is 40.3. The molecule has 1 unspecified atom stereocenters. The van der Waals surface area contributed by atoms with Crippen LogP contribution in [0.5, 0.6) is 0 Å². The first kappa shape index (κ1) is 23.4. The molecule has 2 aromatic carbocycles. The van der Waals surface area contributed by atoms with Crippen molar-refractivity contribution in [1.82, 2.24) is 0 Å². The highest BCUT2D eigenvalue weighted by Gasteiger charge is 2.45. The number of aliphatic hydroxyl groups excluding tert-OH is 1. The third kappa shape index (κ3) is 4.15. The smallest absolute Gasteiger partial charge is 0.337 e. The number of Topliss-reactive ketones (excluding diaryl/α,β-unsaturated/α-hetero) is 1. The van der Waals surface area contributed by atoms with Gasteiger partial charge in [-0.15, -0.1) is 11.3 Å². The Morgan fingerprint density at radius 3 is 2.18 bits per heavy atom. The average molecular weight is 476 g/mol. The number of amides is 1. The van der Waals surface area contributed by atoms with E-state index in [0.717, 1.165) is 5.56 Å². The normalized spacial score (nSPS) is 16.2. The molecule has 34 heavy (non-hydrogen) atoms. The standard InChI is InChI=1S/C27H25NO5S/c1-27(2,3)18-11-7-16(8-12-18)22-21(23(29)20-6-5-15-34-20)24(30)25(31)28(22)19-13-9-17(10-14-19)26(32)33-4/h5-15,22,30H,1-4H3. The minimum absolute atomic E-state index is 0.0352. The van der Waals surface area contributed by atoms with Gasteiger partial charge in [-0.25, -0.2) is 4.79 Å². The van der Waals surface area contributed by atoms with E-state index in [1.54, 1.807) is 41.8 Å². The van der Waals surface area contributed by atoms with Crippen LogP contribution >= 0.6 is 11.3 Å². The summed E-state index contributed by atoms with van der Waals surface area (Å²) in [7, 11) is 1.29. The summed E-state index contributed by atoms with van der Waals surface area (Å²) >= 11 is 1.25. The van der Waals surface area contributed by atoms with E-state index in [-0.39, 0.29) is 16.8 Å². The lowest BCUT2D eigenvalue weighted by atomic mass is 9.85. The van der Waals surface area contributed by atoms with Crippen LogP contribution < -0.4 is 4.90 Å². The predicted octanol–water partition coefficient (Wildman–Crippen LogP) is 5.62. The highest BCUT2D eigenvalue weighted by molar-refractivity contribution is 7.12. The predicted molar refractivity (Wildman–Crippen MR) is 131 cm³/mol. The number of ether oxygens (including phenoxy) is 1. The number of esters is 1. The van der Waals surface area contributed by atoms with Crippen LogP contribution in [-0.2, 0) is 14.9 Å². The number of methoxy groups -OCH3 is 1. The molecule has 6 nitrogen and oxygen atoms in total. The SMILES string of the molecule is COC(=O)c1ccc(N2C(=O)C(O)=C(C(=O)c3cccs3)C2c2ccc(C(C)(C)C)cc2)cc1. The molecular weight excluding hydrogens is 450 g/mol. The molecule has 3 aromatic rings. The van der Waals surface area contributed by atoms with Crippen LogP contribution in [0, 0.1) is 0 Å². The Labute approximate surface area is 202 Å².